The van der Waals surface area contributed by atoms with Gasteiger partial charge in [0.05, 0.1) is 0 Å². The van der Waals surface area contributed by atoms with Crippen LogP contribution in [-0.4, -0.2) is 11.6 Å². The van der Waals surface area contributed by atoms with Crippen molar-refractivity contribution in [1.29, 1.82) is 0 Å². The molecule has 0 nitrogen and oxygen atoms in total. The molecule has 5 heteroatoms. The maximum atomic E-state index is 5.69. The van der Waals surface area contributed by atoms with E-state index in [1.807, 2.05) is 0 Å². The Hall–Kier alpha value is 1.51. The molecule has 0 aromatic rings. The summed E-state index contributed by atoms with van der Waals surface area (Å²) in [7, 11) is 15.2. The smallest absolute Gasteiger partial charge is 0.0223 e. The molecule has 0 N–H and O–H groups in total. The predicted octanol–water partition coefficient (Wildman–Crippen LogP) is 4.91. The van der Waals surface area contributed by atoms with Crippen molar-refractivity contribution >= 4 is 51.3 Å². The fraction of sp³-hybridized carbons (Fsp3) is 1.00. The molecular formula is C6H12Cl4S. The van der Waals surface area contributed by atoms with Gasteiger partial charge in [0, 0.05) is 11.6 Å². The maximum absolute atomic E-state index is 5.69. The third-order valence-corrected chi connectivity index (χ3v) is 3.65. The van der Waals surface area contributed by atoms with E-state index in [-0.39, 0.29) is 0 Å². The topological polar surface area (TPSA) is 0 Å². The van der Waals surface area contributed by atoms with Gasteiger partial charge in [-0.05, 0) is 58.5 Å². The van der Waals surface area contributed by atoms with E-state index in [9.17, 15) is 0 Å². The summed E-state index contributed by atoms with van der Waals surface area (Å²) in [6.07, 6.45) is 2.05. The van der Waals surface area contributed by atoms with Crippen molar-refractivity contribution in [3.05, 3.63) is 0 Å². The molecule has 0 radical (unpaired) electrons. The van der Waals surface area contributed by atoms with E-state index in [0.29, 0.717) is 17.6 Å². The standard InChI is InChI=1S/C6H12Cl4S/c1-6(3-2-4-7)5-11(8,9)10/h6H,2-5H2,1H3. The number of halogens is 4. The predicted molar refractivity (Wildman–Crippen MR) is 59.1 cm³/mol. The van der Waals surface area contributed by atoms with Gasteiger partial charge >= 0.3 is 0 Å². The van der Waals surface area contributed by atoms with Crippen molar-refractivity contribution in [2.24, 2.45) is 5.92 Å². The lowest BCUT2D eigenvalue weighted by atomic mass is 10.1. The first-order valence-electron chi connectivity index (χ1n) is 3.41. The Balaban J connectivity index is 3.44. The Morgan fingerprint density at radius 3 is 2.18 bits per heavy atom. The molecule has 0 bridgehead atoms. The molecule has 0 saturated carbocycles. The van der Waals surface area contributed by atoms with Crippen LogP contribution in [0, 0.1) is 5.92 Å². The number of alkyl halides is 1. The summed E-state index contributed by atoms with van der Waals surface area (Å²) in [5, 5.41) is 0. The van der Waals surface area contributed by atoms with Crippen molar-refractivity contribution in [3.63, 3.8) is 0 Å². The molecule has 70 valence electrons. The highest BCUT2D eigenvalue weighted by atomic mass is 36.2. The summed E-state index contributed by atoms with van der Waals surface area (Å²) < 4.78 is 0. The fourth-order valence-corrected chi connectivity index (χ4v) is 3.73. The maximum Gasteiger partial charge on any atom is 0.0223 e. The van der Waals surface area contributed by atoms with Gasteiger partial charge in [-0.25, -0.2) is 0 Å². The molecular weight excluding hydrogens is 246 g/mol. The van der Waals surface area contributed by atoms with Gasteiger partial charge in [0.1, 0.15) is 0 Å². The molecule has 0 rings (SSSR count). The minimum Gasteiger partial charge on any atom is -0.127 e. The lowest BCUT2D eigenvalue weighted by molar-refractivity contribution is 0.587. The second kappa shape index (κ2) is 6.04. The fourth-order valence-electron chi connectivity index (χ4n) is 0.832. The first-order valence-corrected chi connectivity index (χ1v) is 8.23. The van der Waals surface area contributed by atoms with Crippen LogP contribution in [0.4, 0.5) is 0 Å². The van der Waals surface area contributed by atoms with Crippen LogP contribution < -0.4 is 0 Å². The molecule has 1 unspecified atom stereocenters. The van der Waals surface area contributed by atoms with Gasteiger partial charge in [-0.2, -0.15) is 0 Å². The molecule has 0 spiro atoms. The zero-order valence-electron chi connectivity index (χ0n) is 6.33. The van der Waals surface area contributed by atoms with Gasteiger partial charge in [-0.1, -0.05) is 6.92 Å². The number of hydrogen-bond acceptors (Lipinski definition) is 0. The Kier molecular flexibility index (Phi) is 6.87. The van der Waals surface area contributed by atoms with E-state index in [0.717, 1.165) is 12.8 Å². The van der Waals surface area contributed by atoms with E-state index >= 15 is 0 Å². The van der Waals surface area contributed by atoms with Crippen molar-refractivity contribution < 1.29 is 0 Å². The zero-order chi connectivity index (χ0) is 8.91. The Bertz CT molecular complexity index is 101. The second-order valence-electron chi connectivity index (χ2n) is 2.61. The lowest BCUT2D eigenvalue weighted by Gasteiger charge is -2.19. The minimum atomic E-state index is -1.88. The first kappa shape index (κ1) is 12.5. The van der Waals surface area contributed by atoms with E-state index in [1.165, 1.54) is 0 Å². The summed E-state index contributed by atoms with van der Waals surface area (Å²) in [5.41, 5.74) is 0. The third kappa shape index (κ3) is 9.42. The minimum absolute atomic E-state index is 0.469. The Morgan fingerprint density at radius 2 is 1.82 bits per heavy atom. The van der Waals surface area contributed by atoms with Crippen LogP contribution in [0.5, 0.6) is 0 Å². The van der Waals surface area contributed by atoms with E-state index < -0.39 is 7.67 Å². The van der Waals surface area contributed by atoms with E-state index in [1.54, 1.807) is 0 Å². The van der Waals surface area contributed by atoms with Crippen LogP contribution >= 0.6 is 51.3 Å². The van der Waals surface area contributed by atoms with E-state index in [2.05, 4.69) is 6.92 Å². The van der Waals surface area contributed by atoms with Crippen LogP contribution in [-0.2, 0) is 0 Å². The molecule has 0 heterocycles. The summed E-state index contributed by atoms with van der Waals surface area (Å²) >= 11 is 5.52. The van der Waals surface area contributed by atoms with Gasteiger partial charge in [-0.15, -0.1) is 11.6 Å². The summed E-state index contributed by atoms with van der Waals surface area (Å²) in [4.78, 5) is 0. The summed E-state index contributed by atoms with van der Waals surface area (Å²) in [6, 6.07) is 0. The monoisotopic (exact) mass is 256 g/mol. The zero-order valence-corrected chi connectivity index (χ0v) is 10.2. The van der Waals surface area contributed by atoms with Gasteiger partial charge < -0.3 is 0 Å². The van der Waals surface area contributed by atoms with Crippen LogP contribution in [0.1, 0.15) is 19.8 Å². The van der Waals surface area contributed by atoms with Crippen LogP contribution in [0.15, 0.2) is 0 Å². The van der Waals surface area contributed by atoms with Crippen LogP contribution in [0.25, 0.3) is 0 Å². The van der Waals surface area contributed by atoms with Crippen molar-refractivity contribution in [1.82, 2.24) is 0 Å². The van der Waals surface area contributed by atoms with Crippen LogP contribution in [0.2, 0.25) is 0 Å². The number of hydrogen-bond donors (Lipinski definition) is 0. The van der Waals surface area contributed by atoms with Crippen molar-refractivity contribution in [2.45, 2.75) is 19.8 Å². The molecule has 0 aliphatic heterocycles. The largest absolute Gasteiger partial charge is 0.127 e. The summed E-state index contributed by atoms with van der Waals surface area (Å²) in [5.74, 6) is 1.85. The molecule has 0 fully saturated rings. The Labute approximate surface area is 88.3 Å². The van der Waals surface area contributed by atoms with Crippen LogP contribution in [0.3, 0.4) is 0 Å². The van der Waals surface area contributed by atoms with Crippen molar-refractivity contribution in [3.8, 4) is 0 Å². The van der Waals surface area contributed by atoms with Gasteiger partial charge in [0.25, 0.3) is 0 Å². The normalized spacial score (nSPS) is 16.5. The highest BCUT2D eigenvalue weighted by molar-refractivity contribution is 8.79. The van der Waals surface area contributed by atoms with Gasteiger partial charge in [0.15, 0.2) is 0 Å². The SMILES string of the molecule is CC(CCCCl)CS(Cl)(Cl)Cl. The lowest BCUT2D eigenvalue weighted by Crippen LogP contribution is -2.01. The van der Waals surface area contributed by atoms with Gasteiger partial charge in [0.2, 0.25) is 0 Å². The van der Waals surface area contributed by atoms with E-state index in [4.69, 9.17) is 43.6 Å². The highest BCUT2D eigenvalue weighted by Gasteiger charge is 2.17. The average molecular weight is 258 g/mol. The third-order valence-electron chi connectivity index (χ3n) is 1.30. The first-order chi connectivity index (χ1) is 4.95. The molecule has 0 aliphatic carbocycles. The molecule has 0 aliphatic rings. The molecule has 1 atom stereocenters. The average Bonchev–Trinajstić information content (AvgIpc) is 1.79. The molecule has 11 heavy (non-hydrogen) atoms. The molecule has 0 saturated heterocycles. The quantitative estimate of drug-likeness (QED) is 0.614. The Morgan fingerprint density at radius 1 is 1.27 bits per heavy atom. The molecule has 0 amide bonds. The molecule has 0 aromatic carbocycles. The second-order valence-corrected chi connectivity index (χ2v) is 10.5. The molecule has 0 aromatic heterocycles. The number of rotatable bonds is 5. The highest BCUT2D eigenvalue weighted by Crippen LogP contribution is 2.64. The van der Waals surface area contributed by atoms with Gasteiger partial charge in [-0.3, -0.25) is 0 Å². The summed E-state index contributed by atoms with van der Waals surface area (Å²) in [6.45, 7) is 2.08. The van der Waals surface area contributed by atoms with Crippen molar-refractivity contribution in [2.75, 3.05) is 11.6 Å².